The minimum atomic E-state index is -0.519. The normalized spacial score (nSPS) is 9.48. The Balaban J connectivity index is 2.61. The van der Waals surface area contributed by atoms with Crippen molar-refractivity contribution in [1.82, 2.24) is 5.32 Å². The van der Waals surface area contributed by atoms with Crippen molar-refractivity contribution in [2.75, 3.05) is 19.0 Å². The topological polar surface area (TPSA) is 84.5 Å². The van der Waals surface area contributed by atoms with Gasteiger partial charge in [-0.05, 0) is 38.1 Å². The monoisotopic (exact) mass is 290 g/mol. The summed E-state index contributed by atoms with van der Waals surface area (Å²) in [6, 6.07) is 6.35. The lowest BCUT2D eigenvalue weighted by Gasteiger charge is -2.06. The van der Waals surface area contributed by atoms with Gasteiger partial charge in [0, 0.05) is 17.3 Å². The molecular formula is C15H18N2O4. The fraction of sp³-hybridized carbons (Fsp3) is 0.267. The first-order valence-electron chi connectivity index (χ1n) is 6.33. The van der Waals surface area contributed by atoms with Gasteiger partial charge in [-0.2, -0.15) is 0 Å². The molecule has 6 heteroatoms. The van der Waals surface area contributed by atoms with E-state index in [2.05, 4.69) is 15.4 Å². The van der Waals surface area contributed by atoms with Crippen LogP contribution in [0.2, 0.25) is 0 Å². The molecule has 6 nitrogen and oxygen atoms in total. The molecule has 0 unspecified atom stereocenters. The molecule has 1 rings (SSSR count). The number of carbonyl (C=O) groups excluding carboxylic acids is 3. The Morgan fingerprint density at radius 3 is 2.29 bits per heavy atom. The Morgan fingerprint density at radius 2 is 1.76 bits per heavy atom. The summed E-state index contributed by atoms with van der Waals surface area (Å²) in [7, 11) is 1.25. The maximum atomic E-state index is 11.7. The first-order chi connectivity index (χ1) is 9.92. The van der Waals surface area contributed by atoms with Crippen molar-refractivity contribution >= 4 is 23.5 Å². The van der Waals surface area contributed by atoms with Crippen molar-refractivity contribution in [3.63, 3.8) is 0 Å². The van der Waals surface area contributed by atoms with Crippen LogP contribution in [0.25, 0.3) is 0 Å². The molecule has 0 aliphatic heterocycles. The highest BCUT2D eigenvalue weighted by Crippen LogP contribution is 2.10. The number of allylic oxidation sites excluding steroid dienone is 1. The van der Waals surface area contributed by atoms with Crippen molar-refractivity contribution in [2.45, 2.75) is 13.8 Å². The van der Waals surface area contributed by atoms with E-state index >= 15 is 0 Å². The second-order valence-corrected chi connectivity index (χ2v) is 4.55. The zero-order valence-electron chi connectivity index (χ0n) is 12.2. The molecule has 0 aliphatic carbocycles. The van der Waals surface area contributed by atoms with Crippen LogP contribution >= 0.6 is 0 Å². The summed E-state index contributed by atoms with van der Waals surface area (Å²) >= 11 is 0. The largest absolute Gasteiger partial charge is 0.468 e. The van der Waals surface area contributed by atoms with E-state index in [9.17, 15) is 14.4 Å². The van der Waals surface area contributed by atoms with Crippen molar-refractivity contribution in [3.05, 3.63) is 41.5 Å². The lowest BCUT2D eigenvalue weighted by Crippen LogP contribution is -2.30. The quantitative estimate of drug-likeness (QED) is 0.635. The second kappa shape index (κ2) is 7.84. The standard InChI is InChI=1S/C15H18N2O4/c1-10(2)8-13(18)17-12-6-4-11(5-7-12)15(20)16-9-14(19)21-3/h4-8H,9H2,1-3H3,(H,16,20)(H,17,18). The van der Waals surface area contributed by atoms with Gasteiger partial charge >= 0.3 is 5.97 Å². The number of anilines is 1. The number of ether oxygens (including phenoxy) is 1. The van der Waals surface area contributed by atoms with Crippen molar-refractivity contribution in [1.29, 1.82) is 0 Å². The van der Waals surface area contributed by atoms with Gasteiger partial charge in [0.05, 0.1) is 7.11 Å². The summed E-state index contributed by atoms with van der Waals surface area (Å²) in [4.78, 5) is 34.2. The number of rotatable bonds is 5. The van der Waals surface area contributed by atoms with Crippen LogP contribution in [0.1, 0.15) is 24.2 Å². The second-order valence-electron chi connectivity index (χ2n) is 4.55. The number of carbonyl (C=O) groups is 3. The molecule has 0 aliphatic rings. The van der Waals surface area contributed by atoms with Crippen molar-refractivity contribution in [2.24, 2.45) is 0 Å². The summed E-state index contributed by atoms with van der Waals surface area (Å²) in [5.74, 6) is -1.13. The molecule has 0 radical (unpaired) electrons. The van der Waals surface area contributed by atoms with E-state index in [0.717, 1.165) is 5.57 Å². The third-order valence-electron chi connectivity index (χ3n) is 2.46. The van der Waals surface area contributed by atoms with Crippen LogP contribution in [0.5, 0.6) is 0 Å². The Morgan fingerprint density at radius 1 is 1.14 bits per heavy atom. The van der Waals surface area contributed by atoms with Crippen LogP contribution in [0, 0.1) is 0 Å². The van der Waals surface area contributed by atoms with E-state index in [1.165, 1.54) is 13.2 Å². The number of esters is 1. The van der Waals surface area contributed by atoms with Gasteiger partial charge < -0.3 is 15.4 Å². The molecule has 1 aromatic rings. The Labute approximate surface area is 123 Å². The molecule has 0 bridgehead atoms. The van der Waals surface area contributed by atoms with Crippen LogP contribution in [0.3, 0.4) is 0 Å². The number of hydrogen-bond acceptors (Lipinski definition) is 4. The van der Waals surface area contributed by atoms with E-state index < -0.39 is 5.97 Å². The van der Waals surface area contributed by atoms with Crippen LogP contribution in [-0.2, 0) is 14.3 Å². The number of hydrogen-bond donors (Lipinski definition) is 2. The van der Waals surface area contributed by atoms with Crippen LogP contribution in [0.4, 0.5) is 5.69 Å². The summed E-state index contributed by atoms with van der Waals surface area (Å²) in [6.07, 6.45) is 1.48. The lowest BCUT2D eigenvalue weighted by atomic mass is 10.2. The smallest absolute Gasteiger partial charge is 0.325 e. The minimum Gasteiger partial charge on any atom is -0.468 e. The fourth-order valence-corrected chi connectivity index (χ4v) is 1.47. The molecule has 21 heavy (non-hydrogen) atoms. The summed E-state index contributed by atoms with van der Waals surface area (Å²) < 4.78 is 4.42. The van der Waals surface area contributed by atoms with Gasteiger partial charge in [0.25, 0.3) is 5.91 Å². The highest BCUT2D eigenvalue weighted by Gasteiger charge is 2.08. The van der Waals surface area contributed by atoms with Crippen molar-refractivity contribution in [3.8, 4) is 0 Å². The fourth-order valence-electron chi connectivity index (χ4n) is 1.47. The number of benzene rings is 1. The van der Waals surface area contributed by atoms with Gasteiger partial charge in [-0.3, -0.25) is 14.4 Å². The van der Waals surface area contributed by atoms with E-state index in [1.807, 2.05) is 13.8 Å². The maximum Gasteiger partial charge on any atom is 0.325 e. The molecule has 1 aromatic carbocycles. The first-order valence-corrected chi connectivity index (χ1v) is 6.33. The molecule has 2 N–H and O–H groups in total. The molecule has 112 valence electrons. The molecule has 0 saturated carbocycles. The van der Waals surface area contributed by atoms with Crippen LogP contribution in [-0.4, -0.2) is 31.4 Å². The minimum absolute atomic E-state index is 0.186. The molecule has 0 saturated heterocycles. The molecule has 0 spiro atoms. The molecule has 0 aromatic heterocycles. The summed E-state index contributed by atoms with van der Waals surface area (Å²) in [5, 5.41) is 5.10. The van der Waals surface area contributed by atoms with E-state index in [4.69, 9.17) is 0 Å². The van der Waals surface area contributed by atoms with Gasteiger partial charge in [-0.1, -0.05) is 5.57 Å². The third-order valence-corrected chi connectivity index (χ3v) is 2.46. The van der Waals surface area contributed by atoms with Gasteiger partial charge in [0.1, 0.15) is 6.54 Å². The predicted octanol–water partition coefficient (Wildman–Crippen LogP) is 1.49. The average Bonchev–Trinajstić information content (AvgIpc) is 2.44. The zero-order valence-corrected chi connectivity index (χ0v) is 12.2. The highest BCUT2D eigenvalue weighted by atomic mass is 16.5. The maximum absolute atomic E-state index is 11.7. The number of methoxy groups -OCH3 is 1. The average molecular weight is 290 g/mol. The van der Waals surface area contributed by atoms with Gasteiger partial charge in [0.2, 0.25) is 5.91 Å². The van der Waals surface area contributed by atoms with Crippen LogP contribution < -0.4 is 10.6 Å². The molecular weight excluding hydrogens is 272 g/mol. The Hall–Kier alpha value is -2.63. The SMILES string of the molecule is COC(=O)CNC(=O)c1ccc(NC(=O)C=C(C)C)cc1. The van der Waals surface area contributed by atoms with Crippen molar-refractivity contribution < 1.29 is 19.1 Å². The first kappa shape index (κ1) is 16.4. The number of nitrogens with one attached hydrogen (secondary N) is 2. The summed E-state index contributed by atoms with van der Waals surface area (Å²) in [6.45, 7) is 3.47. The molecule has 0 fully saturated rings. The Kier molecular flexibility index (Phi) is 6.13. The Bertz CT molecular complexity index is 558. The number of amides is 2. The lowest BCUT2D eigenvalue weighted by molar-refractivity contribution is -0.139. The van der Waals surface area contributed by atoms with E-state index in [0.29, 0.717) is 11.3 Å². The highest BCUT2D eigenvalue weighted by molar-refractivity contribution is 6.00. The zero-order chi connectivity index (χ0) is 15.8. The third kappa shape index (κ3) is 5.90. The van der Waals surface area contributed by atoms with Gasteiger partial charge in [-0.15, -0.1) is 0 Å². The van der Waals surface area contributed by atoms with Gasteiger partial charge in [-0.25, -0.2) is 0 Å². The van der Waals surface area contributed by atoms with E-state index in [1.54, 1.807) is 24.3 Å². The molecule has 2 amide bonds. The van der Waals surface area contributed by atoms with Crippen LogP contribution in [0.15, 0.2) is 35.9 Å². The summed E-state index contributed by atoms with van der Waals surface area (Å²) in [5.41, 5.74) is 1.87. The molecule has 0 atom stereocenters. The molecule has 0 heterocycles. The predicted molar refractivity (Wildman–Crippen MR) is 78.9 cm³/mol. The van der Waals surface area contributed by atoms with E-state index in [-0.39, 0.29) is 18.4 Å². The van der Waals surface area contributed by atoms with Gasteiger partial charge in [0.15, 0.2) is 0 Å².